The van der Waals surface area contributed by atoms with E-state index in [1.165, 1.54) is 12.5 Å². The molecule has 142 valence electrons. The molecule has 0 radical (unpaired) electrons. The second-order valence-electron chi connectivity index (χ2n) is 8.26. The van der Waals surface area contributed by atoms with Gasteiger partial charge in [0.05, 0.1) is 5.56 Å². The van der Waals surface area contributed by atoms with Gasteiger partial charge in [-0.2, -0.15) is 0 Å². The zero-order valence-electron chi connectivity index (χ0n) is 16.4. The fourth-order valence-corrected chi connectivity index (χ4v) is 4.05. The molecule has 5 heteroatoms. The number of hydrogen-bond acceptors (Lipinski definition) is 4. The van der Waals surface area contributed by atoms with E-state index in [-0.39, 0.29) is 11.2 Å². The van der Waals surface area contributed by atoms with Crippen molar-refractivity contribution in [2.24, 2.45) is 0 Å². The summed E-state index contributed by atoms with van der Waals surface area (Å²) >= 11 is 2.16. The van der Waals surface area contributed by atoms with Crippen molar-refractivity contribution in [3.63, 3.8) is 0 Å². The van der Waals surface area contributed by atoms with Crippen LogP contribution in [0.15, 0.2) is 30.3 Å². The summed E-state index contributed by atoms with van der Waals surface area (Å²) in [6.45, 7) is 11.3. The molecule has 1 aliphatic heterocycles. The monoisotopic (exact) mass is 478 g/mol. The van der Waals surface area contributed by atoms with E-state index >= 15 is 0 Å². The zero-order chi connectivity index (χ0) is 20.1. The third-order valence-corrected chi connectivity index (χ3v) is 5.39. The van der Waals surface area contributed by atoms with Gasteiger partial charge in [-0.1, -0.05) is 45.0 Å². The molecule has 0 N–H and O–H groups in total. The van der Waals surface area contributed by atoms with E-state index in [0.29, 0.717) is 16.9 Å². The highest BCUT2D eigenvalue weighted by atomic mass is 127. The molecule has 3 rings (SSSR count). The second kappa shape index (κ2) is 6.62. The van der Waals surface area contributed by atoms with Gasteiger partial charge in [-0.05, 0) is 52.1 Å². The maximum Gasteiger partial charge on any atom is 0.345 e. The van der Waals surface area contributed by atoms with E-state index in [2.05, 4.69) is 55.5 Å². The molecule has 4 nitrogen and oxygen atoms in total. The molecule has 0 bridgehead atoms. The van der Waals surface area contributed by atoms with Crippen LogP contribution >= 0.6 is 22.6 Å². The van der Waals surface area contributed by atoms with E-state index in [9.17, 15) is 9.59 Å². The van der Waals surface area contributed by atoms with Crippen molar-refractivity contribution < 1.29 is 19.1 Å². The van der Waals surface area contributed by atoms with E-state index < -0.39 is 11.8 Å². The summed E-state index contributed by atoms with van der Waals surface area (Å²) in [4.78, 5) is 25.0. The van der Waals surface area contributed by atoms with E-state index in [1.54, 1.807) is 19.9 Å². The number of benzene rings is 2. The number of hydrogen-bond donors (Lipinski definition) is 0. The molecule has 0 saturated heterocycles. The Hall–Kier alpha value is -1.89. The molecule has 1 heterocycles. The summed E-state index contributed by atoms with van der Waals surface area (Å²) in [5, 5.41) is 0. The molecule has 2 aromatic rings. The average Bonchev–Trinajstić information content (AvgIpc) is 2.53. The molecule has 0 aliphatic carbocycles. The van der Waals surface area contributed by atoms with Gasteiger partial charge in [-0.25, -0.2) is 4.79 Å². The summed E-state index contributed by atoms with van der Waals surface area (Å²) in [6.07, 6.45) is 0. The van der Waals surface area contributed by atoms with Gasteiger partial charge in [-0.15, -0.1) is 0 Å². The quantitative estimate of drug-likeness (QED) is 0.314. The van der Waals surface area contributed by atoms with Crippen LogP contribution in [0.2, 0.25) is 0 Å². The number of esters is 1. The standard InChI is InChI=1S/C22H23IO4/c1-12(24)15-11-16(23)17(13-7-9-14(10-8-13)21(2,3)4)18-19(15)26-22(5,6)27-20(18)25/h7-11H,1-6H3. The molecule has 1 aliphatic rings. The number of rotatable bonds is 2. The van der Waals surface area contributed by atoms with E-state index in [0.717, 1.165) is 14.7 Å². The van der Waals surface area contributed by atoms with Gasteiger partial charge in [0.2, 0.25) is 5.79 Å². The number of carbonyl (C=O) groups is 2. The van der Waals surface area contributed by atoms with Crippen molar-refractivity contribution in [1.82, 2.24) is 0 Å². The average molecular weight is 478 g/mol. The molecule has 0 saturated carbocycles. The highest BCUT2D eigenvalue weighted by Gasteiger charge is 2.39. The van der Waals surface area contributed by atoms with Crippen LogP contribution in [-0.4, -0.2) is 17.5 Å². The maximum atomic E-state index is 12.8. The van der Waals surface area contributed by atoms with Crippen LogP contribution in [-0.2, 0) is 10.2 Å². The summed E-state index contributed by atoms with van der Waals surface area (Å²) in [6, 6.07) is 9.91. The first-order valence-electron chi connectivity index (χ1n) is 8.81. The van der Waals surface area contributed by atoms with Gasteiger partial charge in [0.1, 0.15) is 11.3 Å². The Balaban J connectivity index is 2.26. The van der Waals surface area contributed by atoms with Crippen molar-refractivity contribution >= 4 is 34.3 Å². The first kappa shape index (κ1) is 19.9. The lowest BCUT2D eigenvalue weighted by atomic mass is 9.85. The SMILES string of the molecule is CC(=O)c1cc(I)c(-c2ccc(C(C)(C)C)cc2)c2c1OC(C)(C)OC2=O. The van der Waals surface area contributed by atoms with Gasteiger partial charge in [0.25, 0.3) is 0 Å². The Morgan fingerprint density at radius 1 is 1.04 bits per heavy atom. The summed E-state index contributed by atoms with van der Waals surface area (Å²) in [7, 11) is 0. The number of halogens is 1. The number of cyclic esters (lactones) is 1. The first-order valence-corrected chi connectivity index (χ1v) is 9.89. The Labute approximate surface area is 173 Å². The lowest BCUT2D eigenvalue weighted by Crippen LogP contribution is -2.40. The van der Waals surface area contributed by atoms with Crippen molar-refractivity contribution in [1.29, 1.82) is 0 Å². The summed E-state index contributed by atoms with van der Waals surface area (Å²) in [5.41, 5.74) is 3.57. The van der Waals surface area contributed by atoms with Gasteiger partial charge in [0, 0.05) is 23.0 Å². The Morgan fingerprint density at radius 3 is 2.15 bits per heavy atom. The van der Waals surface area contributed by atoms with Crippen LogP contribution < -0.4 is 4.74 Å². The third-order valence-electron chi connectivity index (χ3n) is 4.54. The maximum absolute atomic E-state index is 12.8. The first-order chi connectivity index (χ1) is 12.4. The second-order valence-corrected chi connectivity index (χ2v) is 9.42. The minimum atomic E-state index is -1.12. The molecular weight excluding hydrogens is 455 g/mol. The fourth-order valence-electron chi connectivity index (χ4n) is 3.15. The van der Waals surface area contributed by atoms with Gasteiger partial charge in [0.15, 0.2) is 5.78 Å². The van der Waals surface area contributed by atoms with Crippen LogP contribution in [0, 0.1) is 3.57 Å². The minimum Gasteiger partial charge on any atom is -0.451 e. The molecule has 0 unspecified atom stereocenters. The van der Waals surface area contributed by atoms with Crippen molar-refractivity contribution in [3.8, 4) is 16.9 Å². The molecule has 0 spiro atoms. The lowest BCUT2D eigenvalue weighted by Gasteiger charge is -2.34. The third kappa shape index (κ3) is 3.74. The van der Waals surface area contributed by atoms with Gasteiger partial charge < -0.3 is 9.47 Å². The van der Waals surface area contributed by atoms with Crippen LogP contribution in [0.25, 0.3) is 11.1 Å². The van der Waals surface area contributed by atoms with E-state index in [1.807, 2.05) is 12.1 Å². The Bertz CT molecular complexity index is 934. The number of Topliss-reactive ketones (excluding diaryl/α,β-unsaturated/α-hetero) is 1. The topological polar surface area (TPSA) is 52.6 Å². The fraction of sp³-hybridized carbons (Fsp3) is 0.364. The van der Waals surface area contributed by atoms with Crippen molar-refractivity contribution in [2.75, 3.05) is 0 Å². The van der Waals surface area contributed by atoms with Crippen LogP contribution in [0.3, 0.4) is 0 Å². The predicted molar refractivity (Wildman–Crippen MR) is 113 cm³/mol. The number of ether oxygens (including phenoxy) is 2. The molecule has 0 amide bonds. The molecule has 2 aromatic carbocycles. The highest BCUT2D eigenvalue weighted by molar-refractivity contribution is 14.1. The molecule has 27 heavy (non-hydrogen) atoms. The van der Waals surface area contributed by atoms with Gasteiger partial charge in [-0.3, -0.25) is 4.79 Å². The van der Waals surface area contributed by atoms with Crippen LogP contribution in [0.5, 0.6) is 5.75 Å². The number of carbonyl (C=O) groups excluding carboxylic acids is 2. The largest absolute Gasteiger partial charge is 0.451 e. The molecule has 0 aromatic heterocycles. The minimum absolute atomic E-state index is 0.0374. The van der Waals surface area contributed by atoms with Crippen molar-refractivity contribution in [3.05, 3.63) is 50.6 Å². The molecule has 0 atom stereocenters. The van der Waals surface area contributed by atoms with Crippen LogP contribution in [0.1, 0.15) is 67.8 Å². The predicted octanol–water partition coefficient (Wildman–Crippen LogP) is 5.74. The van der Waals surface area contributed by atoms with Crippen molar-refractivity contribution in [2.45, 2.75) is 52.7 Å². The number of fused-ring (bicyclic) bond motifs is 1. The number of ketones is 1. The summed E-state index contributed by atoms with van der Waals surface area (Å²) in [5.74, 6) is -1.44. The van der Waals surface area contributed by atoms with E-state index in [4.69, 9.17) is 9.47 Å². The van der Waals surface area contributed by atoms with Gasteiger partial charge >= 0.3 is 5.97 Å². The molecule has 0 fully saturated rings. The smallest absolute Gasteiger partial charge is 0.345 e. The lowest BCUT2D eigenvalue weighted by molar-refractivity contribution is -0.127. The molecular formula is C22H23IO4. The normalized spacial score (nSPS) is 15.6. The zero-order valence-corrected chi connectivity index (χ0v) is 18.6. The summed E-state index contributed by atoms with van der Waals surface area (Å²) < 4.78 is 12.2. The Morgan fingerprint density at radius 2 is 1.63 bits per heavy atom. The Kier molecular flexibility index (Phi) is 4.87. The van der Waals surface area contributed by atoms with Crippen LogP contribution in [0.4, 0.5) is 0 Å². The highest BCUT2D eigenvalue weighted by Crippen LogP contribution is 2.43.